The second kappa shape index (κ2) is 11.6. The van der Waals surface area contributed by atoms with E-state index < -0.39 is 24.0 Å². The van der Waals surface area contributed by atoms with Gasteiger partial charge in [0.2, 0.25) is 0 Å². The topological polar surface area (TPSA) is 63.9 Å². The molecule has 7 unspecified atom stereocenters. The molecule has 1 saturated carbocycles. The van der Waals surface area contributed by atoms with Crippen molar-refractivity contribution in [3.05, 3.63) is 48.6 Å². The average molecular weight is 538 g/mol. The Morgan fingerprint density at radius 1 is 0.769 bits per heavy atom. The van der Waals surface area contributed by atoms with Crippen molar-refractivity contribution in [2.75, 3.05) is 26.2 Å². The lowest BCUT2D eigenvalue weighted by atomic mass is 9.52. The Morgan fingerprint density at radius 2 is 1.54 bits per heavy atom. The van der Waals surface area contributed by atoms with Gasteiger partial charge in [-0.2, -0.15) is 0 Å². The maximum absolute atomic E-state index is 12.7. The number of rotatable bonds is 0. The smallest absolute Gasteiger partial charge is 0.198 e. The van der Waals surface area contributed by atoms with E-state index in [2.05, 4.69) is 35.3 Å². The lowest BCUT2D eigenvalue weighted by Gasteiger charge is -2.58. The summed E-state index contributed by atoms with van der Waals surface area (Å²) in [5, 5.41) is 36.7. The molecule has 7 aliphatic rings. The SMILES string of the molecule is OC1C23CCCCCCC/C=C\CCCN4CCC5C(C2)C[N+]12CCC/C=C\C/C=C/C=C/[C@H](O)[C@@H](O)C52C43. The van der Waals surface area contributed by atoms with Crippen molar-refractivity contribution in [3.63, 3.8) is 0 Å². The van der Waals surface area contributed by atoms with Crippen molar-refractivity contribution >= 4 is 0 Å². The molecule has 7 rings (SSSR count). The second-order valence-corrected chi connectivity index (χ2v) is 13.8. The standard InChI is InChI=1S/C34H53N2O3/c37-29-19-15-11-7-3-6-10-14-18-24-36-26-27-25-33(32(36)39)21-16-12-8-4-1-2-5-9-13-17-22-35-23-20-28(27)34(36,30(29)38)31(33)35/h5-7,9-11,15,19,27-32,37-39H,1-4,8,12-14,16-18,20-26H2/q+1/b9-5-,10-6-,11-7+,19-15+/t27?,28?,29-,30+,31?,32?,33?,34?,36?/m0/s1. The largest absolute Gasteiger partial charge is 0.386 e. The molecular weight excluding hydrogens is 484 g/mol. The van der Waals surface area contributed by atoms with E-state index in [0.29, 0.717) is 16.3 Å². The molecule has 3 spiro atoms. The molecule has 0 aromatic heterocycles. The Bertz CT molecular complexity index is 975. The van der Waals surface area contributed by atoms with Crippen LogP contribution in [0.15, 0.2) is 48.6 Å². The van der Waals surface area contributed by atoms with Crippen molar-refractivity contribution in [2.45, 2.75) is 120 Å². The van der Waals surface area contributed by atoms with Gasteiger partial charge in [-0.15, -0.1) is 0 Å². The summed E-state index contributed by atoms with van der Waals surface area (Å²) in [4.78, 5) is 2.71. The number of allylic oxidation sites excluding steroid dienone is 7. The first-order valence-corrected chi connectivity index (χ1v) is 16.4. The number of hydrogen-bond donors (Lipinski definition) is 3. The van der Waals surface area contributed by atoms with Crippen LogP contribution in [0.1, 0.15) is 89.9 Å². The molecule has 0 aromatic rings. The number of aliphatic hydroxyl groups excluding tert-OH is 3. The van der Waals surface area contributed by atoms with Crippen LogP contribution in [0, 0.1) is 17.3 Å². The average Bonchev–Trinajstić information content (AvgIpc) is 3.22. The van der Waals surface area contributed by atoms with Crippen LogP contribution in [0.25, 0.3) is 0 Å². The van der Waals surface area contributed by atoms with E-state index in [4.69, 9.17) is 0 Å². The molecule has 3 N–H and O–H groups in total. The summed E-state index contributed by atoms with van der Waals surface area (Å²) < 4.78 is 0.624. The van der Waals surface area contributed by atoms with E-state index in [-0.39, 0.29) is 11.5 Å². The highest BCUT2D eigenvalue weighted by Crippen LogP contribution is 2.73. The Hall–Kier alpha value is -1.24. The van der Waals surface area contributed by atoms with Gasteiger partial charge in [-0.05, 0) is 70.9 Å². The predicted molar refractivity (Wildman–Crippen MR) is 157 cm³/mol. The molecule has 5 nitrogen and oxygen atoms in total. The molecule has 6 aliphatic heterocycles. The Balaban J connectivity index is 1.45. The minimum Gasteiger partial charge on any atom is -0.386 e. The molecule has 0 aromatic carbocycles. The fraction of sp³-hybridized carbons (Fsp3) is 0.765. The van der Waals surface area contributed by atoms with Crippen LogP contribution >= 0.6 is 0 Å². The van der Waals surface area contributed by atoms with Gasteiger partial charge in [0.15, 0.2) is 11.8 Å². The lowest BCUT2D eigenvalue weighted by Crippen LogP contribution is -2.77. The van der Waals surface area contributed by atoms with Gasteiger partial charge in [-0.25, -0.2) is 0 Å². The molecule has 39 heavy (non-hydrogen) atoms. The lowest BCUT2D eigenvalue weighted by molar-refractivity contribution is -1.00. The van der Waals surface area contributed by atoms with Crippen LogP contribution in [0.4, 0.5) is 0 Å². The number of quaternary nitrogens is 1. The third kappa shape index (κ3) is 4.37. The van der Waals surface area contributed by atoms with Crippen molar-refractivity contribution in [3.8, 4) is 0 Å². The van der Waals surface area contributed by atoms with Gasteiger partial charge in [-0.3, -0.25) is 9.38 Å². The minimum absolute atomic E-state index is 0.128. The molecule has 6 heterocycles. The van der Waals surface area contributed by atoms with Gasteiger partial charge in [0.25, 0.3) is 0 Å². The van der Waals surface area contributed by atoms with Crippen molar-refractivity contribution in [1.82, 2.24) is 4.90 Å². The van der Waals surface area contributed by atoms with Crippen LogP contribution in [0.5, 0.6) is 0 Å². The molecule has 9 atom stereocenters. The van der Waals surface area contributed by atoms with Crippen molar-refractivity contribution in [2.24, 2.45) is 17.3 Å². The zero-order chi connectivity index (χ0) is 26.9. The highest BCUT2D eigenvalue weighted by Gasteiger charge is 2.89. The van der Waals surface area contributed by atoms with E-state index in [1.165, 1.54) is 32.1 Å². The molecule has 5 fully saturated rings. The van der Waals surface area contributed by atoms with Crippen LogP contribution < -0.4 is 0 Å². The molecular formula is C34H53N2O3+. The predicted octanol–water partition coefficient (Wildman–Crippen LogP) is 5.24. The van der Waals surface area contributed by atoms with E-state index >= 15 is 0 Å². The number of hydrogen-bond acceptors (Lipinski definition) is 4. The van der Waals surface area contributed by atoms with Gasteiger partial charge in [-0.1, -0.05) is 74.3 Å². The third-order valence-electron chi connectivity index (χ3n) is 11.9. The number of aliphatic hydroxyl groups is 3. The van der Waals surface area contributed by atoms with Gasteiger partial charge in [0.05, 0.1) is 24.5 Å². The first-order chi connectivity index (χ1) is 19.1. The van der Waals surface area contributed by atoms with Gasteiger partial charge < -0.3 is 15.3 Å². The maximum Gasteiger partial charge on any atom is 0.198 e. The summed E-state index contributed by atoms with van der Waals surface area (Å²) in [5.74, 6) is 0.900. The molecule has 5 heteroatoms. The van der Waals surface area contributed by atoms with Gasteiger partial charge in [0.1, 0.15) is 12.2 Å². The Morgan fingerprint density at radius 3 is 2.44 bits per heavy atom. The molecule has 216 valence electrons. The summed E-state index contributed by atoms with van der Waals surface area (Å²) in [6.45, 7) is 3.96. The highest BCUT2D eigenvalue weighted by molar-refractivity contribution is 5.28. The van der Waals surface area contributed by atoms with Crippen LogP contribution in [-0.4, -0.2) is 80.9 Å². The number of nitrogens with zero attached hydrogens (tertiary/aromatic N) is 2. The zero-order valence-corrected chi connectivity index (χ0v) is 24.0. The zero-order valence-electron chi connectivity index (χ0n) is 24.0. The normalized spacial score (nSPS) is 50.6. The highest BCUT2D eigenvalue weighted by atomic mass is 16.3. The minimum atomic E-state index is -0.924. The summed E-state index contributed by atoms with van der Waals surface area (Å²) in [6.07, 6.45) is 30.7. The van der Waals surface area contributed by atoms with Gasteiger partial charge >= 0.3 is 0 Å². The van der Waals surface area contributed by atoms with Crippen LogP contribution in [0.3, 0.4) is 0 Å². The first-order valence-electron chi connectivity index (χ1n) is 16.4. The van der Waals surface area contributed by atoms with Crippen LogP contribution in [0.2, 0.25) is 0 Å². The summed E-state index contributed by atoms with van der Waals surface area (Å²) in [6, 6.07) is 0.128. The summed E-state index contributed by atoms with van der Waals surface area (Å²) >= 11 is 0. The molecule has 0 amide bonds. The molecule has 0 radical (unpaired) electrons. The molecule has 6 bridgehead atoms. The van der Waals surface area contributed by atoms with E-state index in [9.17, 15) is 15.3 Å². The molecule has 1 aliphatic carbocycles. The van der Waals surface area contributed by atoms with E-state index in [0.717, 1.165) is 84.0 Å². The fourth-order valence-corrected chi connectivity index (χ4v) is 10.8. The monoisotopic (exact) mass is 537 g/mol. The first kappa shape index (κ1) is 27.9. The second-order valence-electron chi connectivity index (χ2n) is 13.8. The van der Waals surface area contributed by atoms with E-state index in [1.54, 1.807) is 0 Å². The van der Waals surface area contributed by atoms with Crippen molar-refractivity contribution < 1.29 is 19.8 Å². The van der Waals surface area contributed by atoms with Crippen molar-refractivity contribution in [1.29, 1.82) is 0 Å². The Labute approximate surface area is 236 Å². The maximum atomic E-state index is 12.7. The third-order valence-corrected chi connectivity index (χ3v) is 11.9. The van der Waals surface area contributed by atoms with Crippen LogP contribution in [-0.2, 0) is 0 Å². The summed E-state index contributed by atoms with van der Waals surface area (Å²) in [7, 11) is 0. The number of piperidine rings is 2. The fourth-order valence-electron chi connectivity index (χ4n) is 10.8. The Kier molecular flexibility index (Phi) is 8.27. The molecule has 4 saturated heterocycles. The summed E-state index contributed by atoms with van der Waals surface area (Å²) in [5.41, 5.74) is -0.699. The van der Waals surface area contributed by atoms with Gasteiger partial charge in [0, 0.05) is 18.3 Å². The van der Waals surface area contributed by atoms with E-state index in [1.807, 2.05) is 18.2 Å². The quantitative estimate of drug-likeness (QED) is 0.292.